The molecule has 0 bridgehead atoms. The van der Waals surface area contributed by atoms with E-state index in [1.807, 2.05) is 0 Å². The molecule has 8 heteroatoms. The highest BCUT2D eigenvalue weighted by Gasteiger charge is 2.25. The highest BCUT2D eigenvalue weighted by atomic mass is 32.2. The second kappa shape index (κ2) is 9.96. The van der Waals surface area contributed by atoms with Crippen LogP contribution < -0.4 is 5.73 Å². The van der Waals surface area contributed by atoms with E-state index in [1.165, 1.54) is 32.2 Å². The van der Waals surface area contributed by atoms with Crippen LogP contribution in [0, 0.1) is 5.92 Å². The summed E-state index contributed by atoms with van der Waals surface area (Å²) in [7, 11) is 2.53. The highest BCUT2D eigenvalue weighted by Crippen LogP contribution is 2.19. The van der Waals surface area contributed by atoms with Crippen molar-refractivity contribution >= 4 is 29.5 Å². The number of ketones is 1. The van der Waals surface area contributed by atoms with Crippen molar-refractivity contribution in [2.75, 3.05) is 25.7 Å². The van der Waals surface area contributed by atoms with Crippen LogP contribution in [0.25, 0.3) is 0 Å². The summed E-state index contributed by atoms with van der Waals surface area (Å²) in [6.07, 6.45) is 2.98. The summed E-state index contributed by atoms with van der Waals surface area (Å²) in [5.41, 5.74) is 6.08. The van der Waals surface area contributed by atoms with E-state index >= 15 is 0 Å². The van der Waals surface area contributed by atoms with Crippen molar-refractivity contribution in [1.29, 1.82) is 0 Å². The topological polar surface area (TPSA) is 109 Å². The van der Waals surface area contributed by atoms with Crippen molar-refractivity contribution in [3.8, 4) is 0 Å². The van der Waals surface area contributed by atoms with E-state index in [1.54, 1.807) is 18.3 Å². The van der Waals surface area contributed by atoms with Gasteiger partial charge in [-0.05, 0) is 12.1 Å². The second-order valence-corrected chi connectivity index (χ2v) is 5.83. The number of nitrogens with two attached hydrogens (primary N) is 1. The smallest absolute Gasteiger partial charge is 0.323 e. The van der Waals surface area contributed by atoms with Crippen molar-refractivity contribution in [2.24, 2.45) is 11.7 Å². The Bertz CT molecular complexity index is 538. The molecule has 1 unspecified atom stereocenters. The fourth-order valence-corrected chi connectivity index (χ4v) is 2.89. The first-order chi connectivity index (χ1) is 11.0. The van der Waals surface area contributed by atoms with E-state index in [0.29, 0.717) is 17.1 Å². The molecule has 1 heterocycles. The zero-order valence-electron chi connectivity index (χ0n) is 13.1. The number of esters is 2. The Balaban J connectivity index is 2.67. The summed E-state index contributed by atoms with van der Waals surface area (Å²) in [4.78, 5) is 39.2. The van der Waals surface area contributed by atoms with Crippen LogP contribution in [0.1, 0.15) is 16.8 Å². The lowest BCUT2D eigenvalue weighted by Gasteiger charge is -2.15. The molecule has 2 N–H and O–H groups in total. The number of Topliss-reactive ketones (excluding diaryl/α,β-unsaturated/α-hetero) is 1. The lowest BCUT2D eigenvalue weighted by molar-refractivity contribution is -0.142. The number of hydrogen-bond acceptors (Lipinski definition) is 8. The lowest BCUT2D eigenvalue weighted by Crippen LogP contribution is -2.34. The zero-order chi connectivity index (χ0) is 17.2. The van der Waals surface area contributed by atoms with Gasteiger partial charge in [0.2, 0.25) is 0 Å². The molecule has 0 spiro atoms. The van der Waals surface area contributed by atoms with Crippen LogP contribution in [-0.2, 0) is 19.1 Å². The fraction of sp³-hybridized carbons (Fsp3) is 0.467. The summed E-state index contributed by atoms with van der Waals surface area (Å²) in [5, 5.41) is 0. The number of nitrogens with zero attached hydrogens (tertiary/aromatic N) is 1. The van der Waals surface area contributed by atoms with Crippen molar-refractivity contribution < 1.29 is 23.9 Å². The van der Waals surface area contributed by atoms with E-state index in [0.717, 1.165) is 0 Å². The van der Waals surface area contributed by atoms with E-state index in [9.17, 15) is 14.4 Å². The van der Waals surface area contributed by atoms with Crippen molar-refractivity contribution in [1.82, 2.24) is 4.98 Å². The van der Waals surface area contributed by atoms with E-state index in [-0.39, 0.29) is 12.2 Å². The van der Waals surface area contributed by atoms with Gasteiger partial charge in [0.25, 0.3) is 0 Å². The second-order valence-electron chi connectivity index (χ2n) is 4.75. The van der Waals surface area contributed by atoms with Gasteiger partial charge in [0.05, 0.1) is 20.6 Å². The summed E-state index contributed by atoms with van der Waals surface area (Å²) in [6.45, 7) is 0. The van der Waals surface area contributed by atoms with Gasteiger partial charge in [-0.3, -0.25) is 19.4 Å². The molecule has 23 heavy (non-hydrogen) atoms. The predicted molar refractivity (Wildman–Crippen MR) is 86.0 cm³/mol. The van der Waals surface area contributed by atoms with Crippen LogP contribution in [-0.4, -0.2) is 54.5 Å². The largest absolute Gasteiger partial charge is 0.469 e. The van der Waals surface area contributed by atoms with Gasteiger partial charge in [-0.1, -0.05) is 0 Å². The van der Waals surface area contributed by atoms with Gasteiger partial charge in [-0.25, -0.2) is 0 Å². The molecule has 0 aliphatic rings. The first kappa shape index (κ1) is 19.1. The van der Waals surface area contributed by atoms with Crippen LogP contribution in [0.4, 0.5) is 0 Å². The monoisotopic (exact) mass is 340 g/mol. The molecule has 0 aliphatic heterocycles. The zero-order valence-corrected chi connectivity index (χ0v) is 13.9. The molecule has 126 valence electrons. The summed E-state index contributed by atoms with van der Waals surface area (Å²) in [6, 6.07) is 2.53. The number of hydrogen-bond donors (Lipinski definition) is 1. The Kier molecular flexibility index (Phi) is 8.28. The Morgan fingerprint density at radius 3 is 2.57 bits per heavy atom. The molecule has 1 aromatic rings. The molecular formula is C15H20N2O5S. The minimum atomic E-state index is -0.766. The number of thioether (sulfide) groups is 1. The molecule has 0 aliphatic carbocycles. The number of methoxy groups -OCH3 is 2. The van der Waals surface area contributed by atoms with Crippen molar-refractivity contribution in [3.05, 3.63) is 30.1 Å². The lowest BCUT2D eigenvalue weighted by atomic mass is 9.97. The quantitative estimate of drug-likeness (QED) is 0.516. The van der Waals surface area contributed by atoms with Gasteiger partial charge in [0.1, 0.15) is 6.04 Å². The van der Waals surface area contributed by atoms with Gasteiger partial charge in [0, 0.05) is 35.4 Å². The van der Waals surface area contributed by atoms with Gasteiger partial charge < -0.3 is 15.2 Å². The van der Waals surface area contributed by atoms with Gasteiger partial charge in [0.15, 0.2) is 5.78 Å². The molecule has 0 amide bonds. The number of rotatable bonds is 9. The number of ether oxygens (including phenoxy) is 2. The third kappa shape index (κ3) is 6.37. The summed E-state index contributed by atoms with van der Waals surface area (Å²) < 4.78 is 9.18. The third-order valence-corrected chi connectivity index (χ3v) is 4.31. The minimum Gasteiger partial charge on any atom is -0.469 e. The summed E-state index contributed by atoms with van der Waals surface area (Å²) in [5.74, 6) is -1.10. The third-order valence-electron chi connectivity index (χ3n) is 3.08. The number of carbonyl (C=O) groups is 3. The minimum absolute atomic E-state index is 0.0370. The number of pyridine rings is 1. The predicted octanol–water partition coefficient (Wildman–Crippen LogP) is 0.677. The molecule has 1 aromatic heterocycles. The first-order valence-corrected chi connectivity index (χ1v) is 8.07. The van der Waals surface area contributed by atoms with Gasteiger partial charge >= 0.3 is 11.9 Å². The molecule has 0 fully saturated rings. The molecule has 2 atom stereocenters. The fourth-order valence-electron chi connectivity index (χ4n) is 1.81. The number of aromatic nitrogens is 1. The van der Waals surface area contributed by atoms with Gasteiger partial charge in [-0.2, -0.15) is 11.8 Å². The molecule has 0 saturated carbocycles. The van der Waals surface area contributed by atoms with Crippen molar-refractivity contribution in [3.63, 3.8) is 0 Å². The van der Waals surface area contributed by atoms with Crippen LogP contribution in [0.2, 0.25) is 0 Å². The number of carbonyl (C=O) groups excluding carboxylic acids is 3. The highest BCUT2D eigenvalue weighted by molar-refractivity contribution is 7.99. The molecule has 0 aromatic carbocycles. The molecule has 7 nitrogen and oxygen atoms in total. The van der Waals surface area contributed by atoms with E-state index in [4.69, 9.17) is 5.73 Å². The molecular weight excluding hydrogens is 320 g/mol. The Morgan fingerprint density at radius 2 is 2.00 bits per heavy atom. The van der Waals surface area contributed by atoms with Crippen molar-refractivity contribution in [2.45, 2.75) is 12.5 Å². The average Bonchev–Trinajstić information content (AvgIpc) is 2.59. The van der Waals surface area contributed by atoms with E-state index in [2.05, 4.69) is 14.5 Å². The normalized spacial score (nSPS) is 13.0. The maximum absolute atomic E-state index is 12.5. The maximum atomic E-state index is 12.5. The SMILES string of the molecule is COC(=O)CC(CSC[C@@H](N)C(=O)OC)C(=O)c1cccnc1. The first-order valence-electron chi connectivity index (χ1n) is 6.91. The van der Waals surface area contributed by atoms with Crippen LogP contribution in [0.15, 0.2) is 24.5 Å². The standard InChI is InChI=1S/C15H20N2O5S/c1-21-13(18)6-11(8-23-9-12(16)15(20)22-2)14(19)10-4-3-5-17-7-10/h3-5,7,11-12H,6,8-9,16H2,1-2H3/t11?,12-/m1/s1. The molecule has 0 saturated heterocycles. The Morgan fingerprint density at radius 1 is 1.26 bits per heavy atom. The van der Waals surface area contributed by atoms with Crippen LogP contribution in [0.5, 0.6) is 0 Å². The Labute approximate surface area is 138 Å². The maximum Gasteiger partial charge on any atom is 0.323 e. The van der Waals surface area contributed by atoms with E-state index < -0.39 is 23.9 Å². The van der Waals surface area contributed by atoms with Gasteiger partial charge in [-0.15, -0.1) is 0 Å². The summed E-state index contributed by atoms with van der Waals surface area (Å²) >= 11 is 1.31. The Hall–Kier alpha value is -1.93. The van der Waals surface area contributed by atoms with Crippen LogP contribution >= 0.6 is 11.8 Å². The average molecular weight is 340 g/mol. The van der Waals surface area contributed by atoms with Crippen LogP contribution in [0.3, 0.4) is 0 Å². The molecule has 0 radical (unpaired) electrons. The molecule has 1 rings (SSSR count).